The summed E-state index contributed by atoms with van der Waals surface area (Å²) in [6, 6.07) is 7.34. The zero-order valence-corrected chi connectivity index (χ0v) is 21.8. The fourth-order valence-corrected chi connectivity index (χ4v) is 5.76. The van der Waals surface area contributed by atoms with Gasteiger partial charge in [0.2, 0.25) is 5.91 Å². The lowest BCUT2D eigenvalue weighted by atomic mass is 9.93. The van der Waals surface area contributed by atoms with Crippen LogP contribution in [0.1, 0.15) is 60.3 Å². The molecule has 2 aliphatic heterocycles. The SMILES string of the molecule is O=C(Cn1nc(C(=O)N2CCC(F)(CO)CC2)c2c1CCCC2)N1CCC(Oc2cccc(Cl)c2)CC1. The molecule has 0 radical (unpaired) electrons. The van der Waals surface area contributed by atoms with Crippen LogP contribution in [0.4, 0.5) is 4.39 Å². The Bertz CT molecular complexity index is 1140. The number of nitrogens with zero attached hydrogens (tertiary/aromatic N) is 4. The number of aliphatic hydroxyl groups excluding tert-OH is 1. The van der Waals surface area contributed by atoms with Crippen LogP contribution in [0, 0.1) is 0 Å². The number of amides is 2. The smallest absolute Gasteiger partial charge is 0.274 e. The second-order valence-electron chi connectivity index (χ2n) is 10.4. The number of halogens is 2. The molecule has 0 unspecified atom stereocenters. The number of rotatable bonds is 6. The number of hydrogen-bond donors (Lipinski definition) is 1. The van der Waals surface area contributed by atoms with Crippen molar-refractivity contribution < 1.29 is 23.8 Å². The normalized spacial score (nSPS) is 20.0. The van der Waals surface area contributed by atoms with Crippen LogP contribution in [0.2, 0.25) is 5.02 Å². The lowest BCUT2D eigenvalue weighted by Crippen LogP contribution is -2.46. The Morgan fingerprint density at radius 1 is 1.11 bits per heavy atom. The number of benzene rings is 1. The molecule has 8 nitrogen and oxygen atoms in total. The van der Waals surface area contributed by atoms with Gasteiger partial charge in [0.15, 0.2) is 5.69 Å². The van der Waals surface area contributed by atoms with E-state index in [1.165, 1.54) is 0 Å². The van der Waals surface area contributed by atoms with E-state index in [0.717, 1.165) is 55.5 Å². The molecule has 2 fully saturated rings. The van der Waals surface area contributed by atoms with Crippen LogP contribution in [0.15, 0.2) is 24.3 Å². The third kappa shape index (κ3) is 5.77. The maximum absolute atomic E-state index is 14.4. The van der Waals surface area contributed by atoms with Gasteiger partial charge in [-0.15, -0.1) is 0 Å². The minimum Gasteiger partial charge on any atom is -0.490 e. The van der Waals surface area contributed by atoms with E-state index in [4.69, 9.17) is 16.3 Å². The van der Waals surface area contributed by atoms with Crippen LogP contribution in [0.25, 0.3) is 0 Å². The fourth-order valence-electron chi connectivity index (χ4n) is 5.58. The van der Waals surface area contributed by atoms with E-state index < -0.39 is 12.3 Å². The zero-order chi connectivity index (χ0) is 26.0. The highest BCUT2D eigenvalue weighted by Crippen LogP contribution is 2.30. The summed E-state index contributed by atoms with van der Waals surface area (Å²) >= 11 is 6.05. The molecule has 0 bridgehead atoms. The lowest BCUT2D eigenvalue weighted by Gasteiger charge is -2.35. The number of ether oxygens (including phenoxy) is 1. The van der Waals surface area contributed by atoms with Gasteiger partial charge in [-0.25, -0.2) is 4.39 Å². The molecule has 5 rings (SSSR count). The fraction of sp³-hybridized carbons (Fsp3) is 0.593. The molecule has 2 amide bonds. The number of carbonyl (C=O) groups excluding carboxylic acids is 2. The van der Waals surface area contributed by atoms with Gasteiger partial charge in [0.05, 0.1) is 6.61 Å². The Kier molecular flexibility index (Phi) is 7.72. The van der Waals surface area contributed by atoms with Crippen molar-refractivity contribution in [1.29, 1.82) is 0 Å². The summed E-state index contributed by atoms with van der Waals surface area (Å²) in [5.41, 5.74) is 0.673. The average Bonchev–Trinajstić information content (AvgIpc) is 3.27. The number of aliphatic hydroxyl groups is 1. The van der Waals surface area contributed by atoms with Gasteiger partial charge < -0.3 is 19.6 Å². The van der Waals surface area contributed by atoms with Gasteiger partial charge in [0.1, 0.15) is 24.1 Å². The van der Waals surface area contributed by atoms with E-state index >= 15 is 0 Å². The highest BCUT2D eigenvalue weighted by molar-refractivity contribution is 6.30. The highest BCUT2D eigenvalue weighted by Gasteiger charge is 2.37. The molecule has 2 saturated heterocycles. The Morgan fingerprint density at radius 2 is 1.84 bits per heavy atom. The molecule has 1 aliphatic carbocycles. The van der Waals surface area contributed by atoms with Gasteiger partial charge >= 0.3 is 0 Å². The third-order valence-electron chi connectivity index (χ3n) is 7.87. The van der Waals surface area contributed by atoms with Crippen LogP contribution < -0.4 is 4.74 Å². The van der Waals surface area contributed by atoms with Crippen LogP contribution >= 0.6 is 11.6 Å². The van der Waals surface area contributed by atoms with Crippen LogP contribution in [0.3, 0.4) is 0 Å². The largest absolute Gasteiger partial charge is 0.490 e. The van der Waals surface area contributed by atoms with E-state index in [0.29, 0.717) is 23.8 Å². The first-order valence-electron chi connectivity index (χ1n) is 13.2. The van der Waals surface area contributed by atoms with Crippen molar-refractivity contribution in [3.8, 4) is 5.75 Å². The summed E-state index contributed by atoms with van der Waals surface area (Å²) in [7, 11) is 0. The van der Waals surface area contributed by atoms with E-state index in [1.807, 2.05) is 17.0 Å². The number of carbonyl (C=O) groups is 2. The van der Waals surface area contributed by atoms with Crippen molar-refractivity contribution in [3.05, 3.63) is 46.2 Å². The van der Waals surface area contributed by atoms with Gasteiger partial charge in [-0.2, -0.15) is 5.10 Å². The minimum atomic E-state index is -1.62. The maximum atomic E-state index is 14.4. The molecule has 200 valence electrons. The number of alkyl halides is 1. The Morgan fingerprint density at radius 3 is 2.54 bits per heavy atom. The number of hydrogen-bond acceptors (Lipinski definition) is 5. The van der Waals surface area contributed by atoms with Crippen LogP contribution in [-0.4, -0.2) is 81.1 Å². The van der Waals surface area contributed by atoms with Gasteiger partial charge in [0.25, 0.3) is 5.91 Å². The molecule has 0 saturated carbocycles. The van der Waals surface area contributed by atoms with Gasteiger partial charge in [-0.05, 0) is 43.9 Å². The van der Waals surface area contributed by atoms with E-state index in [9.17, 15) is 19.1 Å². The maximum Gasteiger partial charge on any atom is 0.274 e. The summed E-state index contributed by atoms with van der Waals surface area (Å²) < 4.78 is 22.2. The molecule has 1 aromatic heterocycles. The van der Waals surface area contributed by atoms with E-state index in [-0.39, 0.29) is 50.4 Å². The zero-order valence-electron chi connectivity index (χ0n) is 21.0. The first kappa shape index (κ1) is 26.0. The van der Waals surface area contributed by atoms with E-state index in [1.54, 1.807) is 21.7 Å². The molecule has 1 N–H and O–H groups in total. The topological polar surface area (TPSA) is 87.9 Å². The summed E-state index contributed by atoms with van der Waals surface area (Å²) in [4.78, 5) is 30.0. The molecule has 3 heterocycles. The van der Waals surface area contributed by atoms with E-state index in [2.05, 4.69) is 5.10 Å². The summed E-state index contributed by atoms with van der Waals surface area (Å²) in [5, 5.41) is 14.6. The molecular weight excluding hydrogens is 499 g/mol. The van der Waals surface area contributed by atoms with Crippen molar-refractivity contribution in [2.75, 3.05) is 32.8 Å². The monoisotopic (exact) mass is 532 g/mol. The van der Waals surface area contributed by atoms with Crippen molar-refractivity contribution in [2.45, 2.75) is 69.7 Å². The summed E-state index contributed by atoms with van der Waals surface area (Å²) in [6.07, 6.45) is 5.26. The lowest BCUT2D eigenvalue weighted by molar-refractivity contribution is -0.133. The quantitative estimate of drug-likeness (QED) is 0.616. The number of aromatic nitrogens is 2. The predicted octanol–water partition coefficient (Wildman–Crippen LogP) is 3.42. The van der Waals surface area contributed by atoms with Gasteiger partial charge in [-0.1, -0.05) is 17.7 Å². The molecule has 2 aromatic rings. The first-order valence-corrected chi connectivity index (χ1v) is 13.6. The Balaban J connectivity index is 1.22. The van der Waals surface area contributed by atoms with Crippen molar-refractivity contribution >= 4 is 23.4 Å². The number of likely N-dealkylation sites (tertiary alicyclic amines) is 2. The average molecular weight is 533 g/mol. The Hall–Kier alpha value is -2.65. The van der Waals surface area contributed by atoms with Crippen LogP contribution in [-0.2, 0) is 24.2 Å². The van der Waals surface area contributed by atoms with Gasteiger partial charge in [-0.3, -0.25) is 14.3 Å². The second-order valence-corrected chi connectivity index (χ2v) is 10.8. The van der Waals surface area contributed by atoms with Crippen LogP contribution in [0.5, 0.6) is 5.75 Å². The molecule has 10 heteroatoms. The molecular formula is C27H34ClFN4O4. The van der Waals surface area contributed by atoms with Crippen molar-refractivity contribution in [2.24, 2.45) is 0 Å². The van der Waals surface area contributed by atoms with Gasteiger partial charge in [0, 0.05) is 68.1 Å². The van der Waals surface area contributed by atoms with Crippen molar-refractivity contribution in [3.63, 3.8) is 0 Å². The molecule has 1 aromatic carbocycles. The number of piperidine rings is 2. The molecule has 3 aliphatic rings. The minimum absolute atomic E-state index is 0.0146. The second kappa shape index (κ2) is 11.0. The molecule has 37 heavy (non-hydrogen) atoms. The summed E-state index contributed by atoms with van der Waals surface area (Å²) in [5.74, 6) is 0.516. The number of fused-ring (bicyclic) bond motifs is 1. The predicted molar refractivity (Wildman–Crippen MR) is 137 cm³/mol. The molecule has 0 atom stereocenters. The van der Waals surface area contributed by atoms with Crippen molar-refractivity contribution in [1.82, 2.24) is 19.6 Å². The Labute approximate surface area is 221 Å². The molecule has 0 spiro atoms. The standard InChI is InChI=1S/C27H34ClFN4O4/c28-19-4-3-5-21(16-19)37-20-8-12-31(13-9-20)24(35)17-33-23-7-2-1-6-22(23)25(30-33)26(36)32-14-10-27(29,18-34)11-15-32/h3-5,16,20,34H,1-2,6-15,17-18H2. The summed E-state index contributed by atoms with van der Waals surface area (Å²) in [6.45, 7) is 1.29. The highest BCUT2D eigenvalue weighted by atomic mass is 35.5. The third-order valence-corrected chi connectivity index (χ3v) is 8.10. The first-order chi connectivity index (χ1) is 17.8.